The number of hydrogen-bond donors (Lipinski definition) is 2. The van der Waals surface area contributed by atoms with E-state index in [0.29, 0.717) is 35.7 Å². The minimum Gasteiger partial charge on any atom is -0.488 e. The van der Waals surface area contributed by atoms with Crippen LogP contribution in [0, 0.1) is 3.57 Å². The van der Waals surface area contributed by atoms with Gasteiger partial charge in [0.15, 0.2) is 0 Å². The lowest BCUT2D eigenvalue weighted by Gasteiger charge is -2.20. The summed E-state index contributed by atoms with van der Waals surface area (Å²) in [6.07, 6.45) is -0.465. The van der Waals surface area contributed by atoms with E-state index in [9.17, 15) is 9.59 Å². The van der Waals surface area contributed by atoms with Gasteiger partial charge < -0.3 is 20.1 Å². The summed E-state index contributed by atoms with van der Waals surface area (Å²) < 4.78 is 12.9. The number of rotatable bonds is 10. The van der Waals surface area contributed by atoms with E-state index >= 15 is 0 Å². The molecule has 0 spiro atoms. The molecule has 0 heterocycles. The van der Waals surface area contributed by atoms with Crippen molar-refractivity contribution in [2.24, 2.45) is 0 Å². The van der Waals surface area contributed by atoms with Gasteiger partial charge in [-0.3, -0.25) is 9.59 Å². The number of amides is 2. The summed E-state index contributed by atoms with van der Waals surface area (Å²) >= 11 is 2.19. The SMILES string of the molecule is C[C@@H](CNC(=O)c1ccccc1)Oc1cccc(O[C@@H](C)CNC(=O)c2ccccc2)c1I. The predicted octanol–water partition coefficient (Wildman–Crippen LogP) is 4.69. The highest BCUT2D eigenvalue weighted by Crippen LogP contribution is 2.31. The maximum atomic E-state index is 12.2. The van der Waals surface area contributed by atoms with Crippen molar-refractivity contribution in [3.63, 3.8) is 0 Å². The van der Waals surface area contributed by atoms with E-state index in [4.69, 9.17) is 9.47 Å². The van der Waals surface area contributed by atoms with Crippen molar-refractivity contribution in [2.75, 3.05) is 13.1 Å². The Hall–Kier alpha value is -3.07. The minimum absolute atomic E-state index is 0.135. The van der Waals surface area contributed by atoms with Gasteiger partial charge in [0.25, 0.3) is 11.8 Å². The van der Waals surface area contributed by atoms with E-state index in [-0.39, 0.29) is 24.0 Å². The molecule has 3 aromatic carbocycles. The van der Waals surface area contributed by atoms with Gasteiger partial charge in [-0.15, -0.1) is 0 Å². The average molecular weight is 558 g/mol. The maximum absolute atomic E-state index is 12.2. The molecular formula is C26H27IN2O4. The fourth-order valence-electron chi connectivity index (χ4n) is 3.05. The van der Waals surface area contributed by atoms with Crippen LogP contribution in [0.2, 0.25) is 0 Å². The highest BCUT2D eigenvalue weighted by atomic mass is 127. The van der Waals surface area contributed by atoms with Crippen LogP contribution < -0.4 is 20.1 Å². The van der Waals surface area contributed by atoms with Gasteiger partial charge in [0.2, 0.25) is 0 Å². The molecule has 172 valence electrons. The van der Waals surface area contributed by atoms with Crippen molar-refractivity contribution in [3.05, 3.63) is 93.6 Å². The summed E-state index contributed by atoms with van der Waals surface area (Å²) in [6, 6.07) is 23.7. The molecule has 3 aromatic rings. The van der Waals surface area contributed by atoms with Crippen LogP contribution in [0.5, 0.6) is 11.5 Å². The normalized spacial score (nSPS) is 12.3. The van der Waals surface area contributed by atoms with Crippen LogP contribution in [0.25, 0.3) is 0 Å². The molecule has 33 heavy (non-hydrogen) atoms. The van der Waals surface area contributed by atoms with Crippen LogP contribution in [-0.2, 0) is 0 Å². The maximum Gasteiger partial charge on any atom is 0.251 e. The molecule has 0 radical (unpaired) electrons. The second-order valence-corrected chi connectivity index (χ2v) is 8.66. The molecule has 0 aliphatic heterocycles. The van der Waals surface area contributed by atoms with Gasteiger partial charge in [-0.05, 0) is 72.8 Å². The molecule has 0 fully saturated rings. The van der Waals surface area contributed by atoms with Gasteiger partial charge >= 0.3 is 0 Å². The number of benzene rings is 3. The van der Waals surface area contributed by atoms with Crippen molar-refractivity contribution < 1.29 is 19.1 Å². The van der Waals surface area contributed by atoms with Crippen molar-refractivity contribution in [1.29, 1.82) is 0 Å². The molecule has 2 N–H and O–H groups in total. The monoisotopic (exact) mass is 558 g/mol. The molecule has 6 nitrogen and oxygen atoms in total. The lowest BCUT2D eigenvalue weighted by Crippen LogP contribution is -2.34. The van der Waals surface area contributed by atoms with E-state index in [2.05, 4.69) is 33.2 Å². The summed E-state index contributed by atoms with van der Waals surface area (Å²) in [7, 11) is 0. The summed E-state index contributed by atoms with van der Waals surface area (Å²) in [4.78, 5) is 24.5. The molecule has 7 heteroatoms. The molecule has 0 aromatic heterocycles. The van der Waals surface area contributed by atoms with Crippen LogP contribution in [0.15, 0.2) is 78.9 Å². The first-order valence-electron chi connectivity index (χ1n) is 10.7. The number of ether oxygens (including phenoxy) is 2. The quantitative estimate of drug-likeness (QED) is 0.355. The van der Waals surface area contributed by atoms with Gasteiger partial charge in [-0.25, -0.2) is 0 Å². The lowest BCUT2D eigenvalue weighted by molar-refractivity contribution is 0.0927. The molecule has 0 saturated heterocycles. The zero-order valence-electron chi connectivity index (χ0n) is 18.6. The largest absolute Gasteiger partial charge is 0.488 e. The number of carbonyl (C=O) groups excluding carboxylic acids is 2. The third-order valence-electron chi connectivity index (χ3n) is 4.76. The topological polar surface area (TPSA) is 76.7 Å². The Labute approximate surface area is 207 Å². The van der Waals surface area contributed by atoms with Crippen molar-refractivity contribution in [1.82, 2.24) is 10.6 Å². The molecule has 0 bridgehead atoms. The van der Waals surface area contributed by atoms with Gasteiger partial charge in [0.05, 0.1) is 16.7 Å². The van der Waals surface area contributed by atoms with E-state index in [0.717, 1.165) is 3.57 Å². The van der Waals surface area contributed by atoms with Gasteiger partial charge in [0, 0.05) is 11.1 Å². The number of hydrogen-bond acceptors (Lipinski definition) is 4. The Morgan fingerprint density at radius 1 is 0.697 bits per heavy atom. The second-order valence-electron chi connectivity index (χ2n) is 7.58. The second kappa shape index (κ2) is 12.2. The van der Waals surface area contributed by atoms with Crippen LogP contribution in [0.1, 0.15) is 34.6 Å². The van der Waals surface area contributed by atoms with E-state index in [1.807, 2.05) is 68.4 Å². The number of carbonyl (C=O) groups is 2. The average Bonchev–Trinajstić information content (AvgIpc) is 2.84. The third kappa shape index (κ3) is 7.49. The van der Waals surface area contributed by atoms with Crippen LogP contribution in [0.4, 0.5) is 0 Å². The lowest BCUT2D eigenvalue weighted by atomic mass is 10.2. The third-order valence-corrected chi connectivity index (χ3v) is 5.82. The van der Waals surface area contributed by atoms with Gasteiger partial charge in [0.1, 0.15) is 23.7 Å². The fourth-order valence-corrected chi connectivity index (χ4v) is 3.66. The van der Waals surface area contributed by atoms with Crippen LogP contribution in [0.3, 0.4) is 0 Å². The number of halogens is 1. The molecule has 0 aliphatic carbocycles. The van der Waals surface area contributed by atoms with Crippen LogP contribution >= 0.6 is 22.6 Å². The van der Waals surface area contributed by atoms with Crippen molar-refractivity contribution in [3.8, 4) is 11.5 Å². The first-order chi connectivity index (χ1) is 15.9. The Morgan fingerprint density at radius 2 is 1.09 bits per heavy atom. The van der Waals surface area contributed by atoms with Crippen molar-refractivity contribution >= 4 is 34.4 Å². The highest BCUT2D eigenvalue weighted by Gasteiger charge is 2.15. The zero-order chi connectivity index (χ0) is 23.6. The molecule has 3 rings (SSSR count). The van der Waals surface area contributed by atoms with Crippen molar-refractivity contribution in [2.45, 2.75) is 26.1 Å². The van der Waals surface area contributed by atoms with E-state index in [1.54, 1.807) is 24.3 Å². The number of nitrogens with one attached hydrogen (secondary N) is 2. The van der Waals surface area contributed by atoms with Gasteiger partial charge in [-0.1, -0.05) is 42.5 Å². The molecule has 2 atom stereocenters. The highest BCUT2D eigenvalue weighted by molar-refractivity contribution is 14.1. The van der Waals surface area contributed by atoms with Gasteiger partial charge in [-0.2, -0.15) is 0 Å². The first-order valence-corrected chi connectivity index (χ1v) is 11.8. The van der Waals surface area contributed by atoms with E-state index < -0.39 is 0 Å². The molecule has 0 unspecified atom stereocenters. The molecule has 2 amide bonds. The summed E-state index contributed by atoms with van der Waals surface area (Å²) in [5.41, 5.74) is 1.23. The zero-order valence-corrected chi connectivity index (χ0v) is 20.7. The summed E-state index contributed by atoms with van der Waals surface area (Å²) in [5.74, 6) is 1.08. The Balaban J connectivity index is 1.50. The minimum atomic E-state index is -0.232. The molecule has 0 aliphatic rings. The Kier molecular flexibility index (Phi) is 9.12. The Morgan fingerprint density at radius 3 is 1.48 bits per heavy atom. The smallest absolute Gasteiger partial charge is 0.251 e. The van der Waals surface area contributed by atoms with E-state index in [1.165, 1.54) is 0 Å². The Bertz CT molecular complexity index is 979. The summed E-state index contributed by atoms with van der Waals surface area (Å²) in [5, 5.41) is 5.78. The predicted molar refractivity (Wildman–Crippen MR) is 137 cm³/mol. The standard InChI is InChI=1S/C26H27IN2O4/c1-18(16-28-25(30)20-10-5-3-6-11-20)32-22-14-9-15-23(24(22)27)33-19(2)17-29-26(31)21-12-7-4-8-13-21/h3-15,18-19H,16-17H2,1-2H3,(H,28,30)(H,29,31)/t18-,19-/m0/s1. The summed E-state index contributed by atoms with van der Waals surface area (Å²) in [6.45, 7) is 4.54. The fraction of sp³-hybridized carbons (Fsp3) is 0.231. The first kappa shape index (κ1) is 24.6. The molecular weight excluding hydrogens is 531 g/mol. The van der Waals surface area contributed by atoms with Crippen LogP contribution in [-0.4, -0.2) is 37.1 Å². The molecule has 0 saturated carbocycles.